The molecule has 72 valence electrons. The Morgan fingerprint density at radius 2 is 1.83 bits per heavy atom. The van der Waals surface area contributed by atoms with Gasteiger partial charge in [0.25, 0.3) is 0 Å². The van der Waals surface area contributed by atoms with Crippen molar-refractivity contribution in [2.75, 3.05) is 0 Å². The highest BCUT2D eigenvalue weighted by molar-refractivity contribution is 5.67. The van der Waals surface area contributed by atoms with Gasteiger partial charge in [0, 0.05) is 0 Å². The summed E-state index contributed by atoms with van der Waals surface area (Å²) < 4.78 is 5.44. The first-order chi connectivity index (χ1) is 5.43. The quantitative estimate of drug-likeness (QED) is 0.692. The van der Waals surface area contributed by atoms with Gasteiger partial charge < -0.3 is 9.84 Å². The van der Waals surface area contributed by atoms with E-state index in [0.717, 1.165) is 0 Å². The molecule has 0 heterocycles. The van der Waals surface area contributed by atoms with Gasteiger partial charge in [-0.25, -0.2) is 0 Å². The predicted molar refractivity (Wildman–Crippen MR) is 47.1 cm³/mol. The zero-order valence-electron chi connectivity index (χ0n) is 8.20. The van der Waals surface area contributed by atoms with Crippen LogP contribution in [0.3, 0.4) is 0 Å². The highest BCUT2D eigenvalue weighted by atomic mass is 16.5. The number of hydrogen-bond donors (Lipinski definition) is 1. The average Bonchev–Trinajstić information content (AvgIpc) is 1.84. The molecule has 1 N–H and O–H groups in total. The van der Waals surface area contributed by atoms with E-state index in [1.807, 2.05) is 6.92 Å². The SMILES string of the molecule is CC(C)C(C)O[C@@H](C)CC(=O)O. The van der Waals surface area contributed by atoms with Crippen LogP contribution < -0.4 is 0 Å². The number of carbonyl (C=O) groups is 1. The van der Waals surface area contributed by atoms with Crippen molar-refractivity contribution in [3.8, 4) is 0 Å². The summed E-state index contributed by atoms with van der Waals surface area (Å²) in [7, 11) is 0. The summed E-state index contributed by atoms with van der Waals surface area (Å²) in [5.74, 6) is -0.375. The van der Waals surface area contributed by atoms with Gasteiger partial charge in [-0.15, -0.1) is 0 Å². The lowest BCUT2D eigenvalue weighted by molar-refractivity contribution is -0.141. The largest absolute Gasteiger partial charge is 0.481 e. The van der Waals surface area contributed by atoms with Gasteiger partial charge in [-0.3, -0.25) is 4.79 Å². The Morgan fingerprint density at radius 3 is 2.17 bits per heavy atom. The van der Waals surface area contributed by atoms with Crippen molar-refractivity contribution < 1.29 is 14.6 Å². The fourth-order valence-electron chi connectivity index (χ4n) is 0.818. The Kier molecular flexibility index (Phi) is 4.90. The molecule has 3 nitrogen and oxygen atoms in total. The zero-order chi connectivity index (χ0) is 9.72. The number of hydrogen-bond acceptors (Lipinski definition) is 2. The standard InChI is InChI=1S/C9H18O3/c1-6(2)8(4)12-7(3)5-9(10)11/h6-8H,5H2,1-4H3,(H,10,11)/t7-,8?/m0/s1. The van der Waals surface area contributed by atoms with Crippen LogP contribution in [-0.4, -0.2) is 23.3 Å². The third-order valence-corrected chi connectivity index (χ3v) is 1.85. The molecule has 0 spiro atoms. The Morgan fingerprint density at radius 1 is 1.33 bits per heavy atom. The van der Waals surface area contributed by atoms with Gasteiger partial charge in [-0.05, 0) is 19.8 Å². The normalized spacial score (nSPS) is 16.1. The van der Waals surface area contributed by atoms with E-state index in [0.29, 0.717) is 5.92 Å². The summed E-state index contributed by atoms with van der Waals surface area (Å²) in [6, 6.07) is 0. The van der Waals surface area contributed by atoms with Crippen molar-refractivity contribution in [3.63, 3.8) is 0 Å². The van der Waals surface area contributed by atoms with Gasteiger partial charge >= 0.3 is 5.97 Å². The molecular weight excluding hydrogens is 156 g/mol. The van der Waals surface area contributed by atoms with Gasteiger partial charge in [0.15, 0.2) is 0 Å². The minimum atomic E-state index is -0.807. The Labute approximate surface area is 73.7 Å². The smallest absolute Gasteiger partial charge is 0.305 e. The monoisotopic (exact) mass is 174 g/mol. The van der Waals surface area contributed by atoms with Gasteiger partial charge in [0.1, 0.15) is 0 Å². The molecule has 0 amide bonds. The fourth-order valence-corrected chi connectivity index (χ4v) is 0.818. The summed E-state index contributed by atoms with van der Waals surface area (Å²) in [5.41, 5.74) is 0. The van der Waals surface area contributed by atoms with Crippen LogP contribution in [0.25, 0.3) is 0 Å². The second-order valence-corrected chi connectivity index (χ2v) is 3.49. The molecule has 2 atom stereocenters. The predicted octanol–water partition coefficient (Wildman–Crippen LogP) is 1.91. The molecule has 3 heteroatoms. The van der Waals surface area contributed by atoms with Gasteiger partial charge in [0.2, 0.25) is 0 Å². The Bertz CT molecular complexity index is 143. The van der Waals surface area contributed by atoms with Crippen LogP contribution in [0, 0.1) is 5.92 Å². The molecule has 0 bridgehead atoms. The highest BCUT2D eigenvalue weighted by Crippen LogP contribution is 2.09. The van der Waals surface area contributed by atoms with Crippen molar-refractivity contribution >= 4 is 5.97 Å². The van der Waals surface area contributed by atoms with Crippen LogP contribution in [0.15, 0.2) is 0 Å². The van der Waals surface area contributed by atoms with Crippen LogP contribution in [0.2, 0.25) is 0 Å². The molecule has 12 heavy (non-hydrogen) atoms. The maximum absolute atomic E-state index is 10.3. The molecule has 0 saturated heterocycles. The first-order valence-corrected chi connectivity index (χ1v) is 4.30. The maximum Gasteiger partial charge on any atom is 0.305 e. The van der Waals surface area contributed by atoms with E-state index >= 15 is 0 Å². The number of ether oxygens (including phenoxy) is 1. The van der Waals surface area contributed by atoms with Crippen LogP contribution in [0.4, 0.5) is 0 Å². The van der Waals surface area contributed by atoms with Crippen molar-refractivity contribution in [2.24, 2.45) is 5.92 Å². The minimum absolute atomic E-state index is 0.0804. The summed E-state index contributed by atoms with van der Waals surface area (Å²) in [4.78, 5) is 10.3. The van der Waals surface area contributed by atoms with Gasteiger partial charge in [0.05, 0.1) is 18.6 Å². The van der Waals surface area contributed by atoms with Crippen LogP contribution in [-0.2, 0) is 9.53 Å². The summed E-state index contributed by atoms with van der Waals surface area (Å²) in [5, 5.41) is 8.46. The molecule has 0 aliphatic rings. The average molecular weight is 174 g/mol. The summed E-state index contributed by atoms with van der Waals surface area (Å²) in [6.45, 7) is 7.85. The van der Waals surface area contributed by atoms with E-state index < -0.39 is 5.97 Å². The van der Waals surface area contributed by atoms with Crippen molar-refractivity contribution in [1.82, 2.24) is 0 Å². The van der Waals surface area contributed by atoms with Crippen LogP contribution in [0.1, 0.15) is 34.1 Å². The fraction of sp³-hybridized carbons (Fsp3) is 0.889. The van der Waals surface area contributed by atoms with Gasteiger partial charge in [-0.2, -0.15) is 0 Å². The van der Waals surface area contributed by atoms with Crippen molar-refractivity contribution in [2.45, 2.75) is 46.3 Å². The number of carboxylic acids is 1. The Hall–Kier alpha value is -0.570. The molecule has 0 aliphatic carbocycles. The van der Waals surface area contributed by atoms with Crippen LogP contribution in [0.5, 0.6) is 0 Å². The lowest BCUT2D eigenvalue weighted by atomic mass is 10.1. The Balaban J connectivity index is 3.68. The van der Waals surface area contributed by atoms with Crippen LogP contribution >= 0.6 is 0 Å². The molecule has 1 unspecified atom stereocenters. The second kappa shape index (κ2) is 5.14. The third kappa shape index (κ3) is 5.13. The molecule has 0 aromatic rings. The third-order valence-electron chi connectivity index (χ3n) is 1.85. The number of rotatable bonds is 5. The lowest BCUT2D eigenvalue weighted by Gasteiger charge is -2.20. The second-order valence-electron chi connectivity index (χ2n) is 3.49. The topological polar surface area (TPSA) is 46.5 Å². The van der Waals surface area contributed by atoms with E-state index in [2.05, 4.69) is 13.8 Å². The number of carboxylic acid groups (broad SMARTS) is 1. The molecule has 0 saturated carbocycles. The molecule has 0 aliphatic heterocycles. The van der Waals surface area contributed by atoms with Gasteiger partial charge in [-0.1, -0.05) is 13.8 Å². The van der Waals surface area contributed by atoms with Crippen molar-refractivity contribution in [1.29, 1.82) is 0 Å². The molecular formula is C9H18O3. The van der Waals surface area contributed by atoms with E-state index in [1.54, 1.807) is 6.92 Å². The molecule has 0 radical (unpaired) electrons. The molecule has 0 rings (SSSR count). The van der Waals surface area contributed by atoms with E-state index in [4.69, 9.17) is 9.84 Å². The highest BCUT2D eigenvalue weighted by Gasteiger charge is 2.14. The van der Waals surface area contributed by atoms with E-state index in [9.17, 15) is 4.79 Å². The van der Waals surface area contributed by atoms with E-state index in [-0.39, 0.29) is 18.6 Å². The number of aliphatic carboxylic acids is 1. The minimum Gasteiger partial charge on any atom is -0.481 e. The lowest BCUT2D eigenvalue weighted by Crippen LogP contribution is -2.23. The first kappa shape index (κ1) is 11.4. The zero-order valence-corrected chi connectivity index (χ0v) is 8.20. The van der Waals surface area contributed by atoms with Crippen molar-refractivity contribution in [3.05, 3.63) is 0 Å². The van der Waals surface area contributed by atoms with E-state index in [1.165, 1.54) is 0 Å². The maximum atomic E-state index is 10.3. The first-order valence-electron chi connectivity index (χ1n) is 4.30. The molecule has 0 fully saturated rings. The molecule has 0 aromatic heterocycles. The summed E-state index contributed by atoms with van der Waals surface area (Å²) >= 11 is 0. The summed E-state index contributed by atoms with van der Waals surface area (Å²) in [6.07, 6.45) is 0.0103. The molecule has 0 aromatic carbocycles.